The van der Waals surface area contributed by atoms with E-state index in [4.69, 9.17) is 9.72 Å². The first-order chi connectivity index (χ1) is 17.1. The lowest BCUT2D eigenvalue weighted by atomic mass is 9.95. The van der Waals surface area contributed by atoms with E-state index in [-0.39, 0.29) is 12.0 Å². The molecule has 0 saturated carbocycles. The van der Waals surface area contributed by atoms with Gasteiger partial charge >= 0.3 is 0 Å². The van der Waals surface area contributed by atoms with E-state index in [0.29, 0.717) is 23.6 Å². The van der Waals surface area contributed by atoms with Crippen LogP contribution >= 0.6 is 11.3 Å². The summed E-state index contributed by atoms with van der Waals surface area (Å²) in [6.07, 6.45) is 4.46. The second-order valence-corrected chi connectivity index (χ2v) is 10.1. The number of hydrogen-bond donors (Lipinski definition) is 0. The molecule has 2 saturated heterocycles. The molecule has 0 spiro atoms. The van der Waals surface area contributed by atoms with Gasteiger partial charge < -0.3 is 9.64 Å². The first-order valence-corrected chi connectivity index (χ1v) is 12.6. The van der Waals surface area contributed by atoms with Crippen molar-refractivity contribution in [2.45, 2.75) is 25.9 Å². The highest BCUT2D eigenvalue weighted by Gasteiger charge is 2.35. The highest BCUT2D eigenvalue weighted by Crippen LogP contribution is 2.41. The average molecular weight is 498 g/mol. The van der Waals surface area contributed by atoms with Gasteiger partial charge in [0, 0.05) is 31.4 Å². The van der Waals surface area contributed by atoms with Crippen LogP contribution in [0.2, 0.25) is 0 Å². The summed E-state index contributed by atoms with van der Waals surface area (Å²) in [4.78, 5) is 9.27. The van der Waals surface area contributed by atoms with Crippen molar-refractivity contribution in [2.24, 2.45) is 5.92 Å². The quantitative estimate of drug-likeness (QED) is 0.414. The number of fused-ring (bicyclic) bond motifs is 1. The molecular weight excluding hydrogens is 472 g/mol. The molecule has 1 aromatic carbocycles. The molecule has 3 aromatic heterocycles. The number of nitrogens with zero attached hydrogens (tertiary/aromatic N) is 7. The molecule has 0 unspecified atom stereocenters. The average Bonchev–Trinajstić information content (AvgIpc) is 3.59. The molecule has 2 aliphatic heterocycles. The zero-order valence-corrected chi connectivity index (χ0v) is 20.1. The summed E-state index contributed by atoms with van der Waals surface area (Å²) in [5.41, 5.74) is 1.83. The molecule has 0 radical (unpaired) electrons. The number of rotatable bonds is 5. The number of halogens is 2. The Morgan fingerprint density at radius 3 is 2.83 bits per heavy atom. The zero-order chi connectivity index (χ0) is 23.9. The minimum atomic E-state index is -0.439. The summed E-state index contributed by atoms with van der Waals surface area (Å²) in [5, 5.41) is 14.9. The lowest BCUT2D eigenvalue weighted by Gasteiger charge is -2.28. The second-order valence-electron chi connectivity index (χ2n) is 9.07. The first kappa shape index (κ1) is 22.4. The molecule has 182 valence electrons. The van der Waals surface area contributed by atoms with Crippen LogP contribution in [0.3, 0.4) is 0 Å². The maximum Gasteiger partial charge on any atom is 0.167 e. The van der Waals surface area contributed by atoms with Crippen molar-refractivity contribution in [3.8, 4) is 10.6 Å². The van der Waals surface area contributed by atoms with Gasteiger partial charge in [0.1, 0.15) is 22.5 Å². The normalized spacial score (nSPS) is 21.3. The van der Waals surface area contributed by atoms with Crippen LogP contribution in [0.15, 0.2) is 36.7 Å². The van der Waals surface area contributed by atoms with E-state index in [1.165, 1.54) is 23.5 Å². The summed E-state index contributed by atoms with van der Waals surface area (Å²) >= 11 is 1.54. The largest absolute Gasteiger partial charge is 0.379 e. The van der Waals surface area contributed by atoms with Gasteiger partial charge in [-0.05, 0) is 36.6 Å². The number of hydrogen-bond acceptors (Lipinski definition) is 8. The number of anilines is 1. The fraction of sp³-hybridized carbons (Fsp3) is 0.417. The van der Waals surface area contributed by atoms with Crippen molar-refractivity contribution in [1.82, 2.24) is 29.7 Å². The Balaban J connectivity index is 1.32. The van der Waals surface area contributed by atoms with Crippen LogP contribution in [-0.4, -0.2) is 62.5 Å². The second kappa shape index (κ2) is 9.21. The Morgan fingerprint density at radius 1 is 1.11 bits per heavy atom. The predicted octanol–water partition coefficient (Wildman–Crippen LogP) is 3.95. The van der Waals surface area contributed by atoms with Crippen LogP contribution < -0.4 is 4.90 Å². The third-order valence-electron chi connectivity index (χ3n) is 6.79. The zero-order valence-electron chi connectivity index (χ0n) is 19.3. The number of benzene rings is 1. The molecule has 8 nitrogen and oxygen atoms in total. The lowest BCUT2D eigenvalue weighted by Crippen LogP contribution is -2.35. The van der Waals surface area contributed by atoms with Crippen LogP contribution in [0, 0.1) is 17.6 Å². The Hall–Kier alpha value is -3.02. The Bertz CT molecular complexity index is 1350. The van der Waals surface area contributed by atoms with E-state index >= 15 is 0 Å². The number of morpholine rings is 1. The fourth-order valence-corrected chi connectivity index (χ4v) is 5.85. The van der Waals surface area contributed by atoms with Gasteiger partial charge in [0.15, 0.2) is 10.7 Å². The first-order valence-electron chi connectivity index (χ1n) is 11.8. The minimum absolute atomic E-state index is 0.152. The van der Waals surface area contributed by atoms with Crippen LogP contribution in [-0.2, 0) is 11.3 Å². The van der Waals surface area contributed by atoms with Gasteiger partial charge in [-0.1, -0.05) is 18.3 Å². The predicted molar refractivity (Wildman–Crippen MR) is 128 cm³/mol. The van der Waals surface area contributed by atoms with Gasteiger partial charge in [-0.25, -0.2) is 18.3 Å². The monoisotopic (exact) mass is 497 g/mol. The molecule has 2 atom stereocenters. The molecule has 0 N–H and O–H groups in total. The van der Waals surface area contributed by atoms with Gasteiger partial charge in [0.25, 0.3) is 0 Å². The molecule has 35 heavy (non-hydrogen) atoms. The minimum Gasteiger partial charge on any atom is -0.379 e. The fourth-order valence-electron chi connectivity index (χ4n) is 4.97. The van der Waals surface area contributed by atoms with Crippen LogP contribution in [0.4, 0.5) is 14.6 Å². The molecule has 6 rings (SSSR count). The van der Waals surface area contributed by atoms with E-state index in [2.05, 4.69) is 32.0 Å². The molecule has 11 heteroatoms. The topological polar surface area (TPSA) is 71.7 Å². The molecule has 2 fully saturated rings. The van der Waals surface area contributed by atoms with Crippen LogP contribution in [0.25, 0.3) is 16.2 Å². The summed E-state index contributed by atoms with van der Waals surface area (Å²) < 4.78 is 35.8. The van der Waals surface area contributed by atoms with Crippen LogP contribution in [0.1, 0.15) is 30.0 Å². The maximum absolute atomic E-state index is 14.7. The summed E-state index contributed by atoms with van der Waals surface area (Å²) in [6.45, 7) is 6.76. The Kier molecular flexibility index (Phi) is 5.91. The molecular formula is C24H25F2N7OS. The molecule has 4 aromatic rings. The standard InChI is InChI=1S/C24H25F2N7OS/c1-15-4-6-32(22(15)17-12-16(25)2-3-19(17)26)20-5-7-33-23(28-20)18(13-27-33)24-30-29-21(35-24)14-31-8-10-34-11-9-31/h2-3,5,7,12-13,15,22H,4,6,8-11,14H2,1H3/t15-,22-/m1/s1. The van der Waals surface area contributed by atoms with Crippen molar-refractivity contribution < 1.29 is 13.5 Å². The van der Waals surface area contributed by atoms with Gasteiger partial charge in [-0.15, -0.1) is 10.2 Å². The smallest absolute Gasteiger partial charge is 0.167 e. The number of ether oxygens (including phenoxy) is 1. The van der Waals surface area contributed by atoms with Gasteiger partial charge in [0.2, 0.25) is 0 Å². The van der Waals surface area contributed by atoms with Crippen molar-refractivity contribution in [3.05, 3.63) is 58.9 Å². The highest BCUT2D eigenvalue weighted by molar-refractivity contribution is 7.14. The maximum atomic E-state index is 14.7. The van der Waals surface area contributed by atoms with Crippen molar-refractivity contribution in [1.29, 1.82) is 0 Å². The Morgan fingerprint density at radius 2 is 1.97 bits per heavy atom. The van der Waals surface area contributed by atoms with Gasteiger partial charge in [-0.2, -0.15) is 5.10 Å². The van der Waals surface area contributed by atoms with Crippen LogP contribution in [0.5, 0.6) is 0 Å². The Labute approximate surface area is 205 Å². The molecule has 5 heterocycles. The van der Waals surface area contributed by atoms with E-state index in [1.54, 1.807) is 10.7 Å². The van der Waals surface area contributed by atoms with E-state index in [0.717, 1.165) is 60.9 Å². The van der Waals surface area contributed by atoms with E-state index in [9.17, 15) is 8.78 Å². The van der Waals surface area contributed by atoms with Gasteiger partial charge in [-0.3, -0.25) is 4.90 Å². The summed E-state index contributed by atoms with van der Waals surface area (Å²) in [6, 6.07) is 5.23. The highest BCUT2D eigenvalue weighted by atomic mass is 32.1. The molecule has 0 amide bonds. The van der Waals surface area contributed by atoms with Crippen molar-refractivity contribution in [3.63, 3.8) is 0 Å². The molecule has 0 bridgehead atoms. The number of aromatic nitrogens is 5. The van der Waals surface area contributed by atoms with Gasteiger partial charge in [0.05, 0.1) is 37.6 Å². The third-order valence-corrected chi connectivity index (χ3v) is 7.73. The molecule has 0 aliphatic carbocycles. The third kappa shape index (κ3) is 4.28. The van der Waals surface area contributed by atoms with E-state index < -0.39 is 11.6 Å². The van der Waals surface area contributed by atoms with Crippen molar-refractivity contribution in [2.75, 3.05) is 37.7 Å². The molecule has 2 aliphatic rings. The summed E-state index contributed by atoms with van der Waals surface area (Å²) in [5.74, 6) is 0.0175. The SMILES string of the molecule is C[C@@H]1CCN(c2ccn3ncc(-c4nnc(CN5CCOCC5)s4)c3n2)[C@H]1c1cc(F)ccc1F. The lowest BCUT2D eigenvalue weighted by molar-refractivity contribution is 0.0341. The van der Waals surface area contributed by atoms with E-state index in [1.807, 2.05) is 12.3 Å². The van der Waals surface area contributed by atoms with Crippen molar-refractivity contribution >= 4 is 22.8 Å². The summed E-state index contributed by atoms with van der Waals surface area (Å²) in [7, 11) is 0.